The number of amides is 1. The molecule has 1 amide bonds. The number of Topliss-reactive ketones (excluding diaryl/α,β-unsaturated/α-hetero) is 1. The van der Waals surface area contributed by atoms with Crippen molar-refractivity contribution in [3.8, 4) is 5.75 Å². The average Bonchev–Trinajstić information content (AvgIpc) is 2.40. The van der Waals surface area contributed by atoms with Gasteiger partial charge in [-0.15, -0.1) is 0 Å². The summed E-state index contributed by atoms with van der Waals surface area (Å²) in [5.41, 5.74) is 0.230. The highest BCUT2D eigenvalue weighted by Crippen LogP contribution is 2.26. The van der Waals surface area contributed by atoms with Crippen molar-refractivity contribution in [3.63, 3.8) is 0 Å². The third kappa shape index (κ3) is 5.05. The van der Waals surface area contributed by atoms with Gasteiger partial charge in [0.25, 0.3) is 5.91 Å². The Kier molecular flexibility index (Phi) is 5.78. The van der Waals surface area contributed by atoms with Gasteiger partial charge < -0.3 is 10.1 Å². The first kappa shape index (κ1) is 17.5. The van der Waals surface area contributed by atoms with Gasteiger partial charge in [-0.2, -0.15) is 0 Å². The summed E-state index contributed by atoms with van der Waals surface area (Å²) in [5.74, 6) is 0.117. The van der Waals surface area contributed by atoms with E-state index in [9.17, 15) is 9.59 Å². The summed E-state index contributed by atoms with van der Waals surface area (Å²) in [5, 5.41) is 3.23. The predicted molar refractivity (Wildman–Crippen MR) is 84.1 cm³/mol. The fourth-order valence-electron chi connectivity index (χ4n) is 1.58. The van der Waals surface area contributed by atoms with Crippen molar-refractivity contribution >= 4 is 23.3 Å². The summed E-state index contributed by atoms with van der Waals surface area (Å²) in [4.78, 5) is 23.3. The van der Waals surface area contributed by atoms with Gasteiger partial charge in [0.1, 0.15) is 5.75 Å². The first-order valence-corrected chi connectivity index (χ1v) is 7.33. The molecule has 1 aromatic rings. The zero-order valence-electron chi connectivity index (χ0n) is 13.1. The summed E-state index contributed by atoms with van der Waals surface area (Å²) in [7, 11) is 0. The molecule has 5 heteroatoms. The van der Waals surface area contributed by atoms with Crippen LogP contribution in [0.2, 0.25) is 5.02 Å². The molecule has 0 aliphatic carbocycles. The highest BCUT2D eigenvalue weighted by atomic mass is 35.5. The topological polar surface area (TPSA) is 55.4 Å². The molecule has 116 valence electrons. The molecule has 0 spiro atoms. The van der Waals surface area contributed by atoms with Crippen molar-refractivity contribution in [2.75, 3.05) is 0 Å². The third-order valence-electron chi connectivity index (χ3n) is 3.36. The van der Waals surface area contributed by atoms with Gasteiger partial charge in [-0.05, 0) is 52.3 Å². The Morgan fingerprint density at radius 1 is 1.38 bits per heavy atom. The van der Waals surface area contributed by atoms with E-state index in [4.69, 9.17) is 16.3 Å². The number of carbonyl (C=O) groups is 2. The first-order valence-electron chi connectivity index (χ1n) is 6.95. The minimum absolute atomic E-state index is 0.0704. The fourth-order valence-corrected chi connectivity index (χ4v) is 1.81. The second-order valence-electron chi connectivity index (χ2n) is 5.69. The lowest BCUT2D eigenvalue weighted by Crippen LogP contribution is -2.48. The fraction of sp³-hybridized carbons (Fsp3) is 0.500. The lowest BCUT2D eigenvalue weighted by molar-refractivity contribution is -0.128. The SMILES string of the molecule is CCC(C)(C)NC(=O)C(C)Oc1ccc(C(C)=O)cc1Cl. The molecule has 1 N–H and O–H groups in total. The van der Waals surface area contributed by atoms with Crippen LogP contribution in [0.5, 0.6) is 5.75 Å². The molecule has 0 aliphatic heterocycles. The van der Waals surface area contributed by atoms with Gasteiger partial charge in [0, 0.05) is 11.1 Å². The minimum atomic E-state index is -0.670. The smallest absolute Gasteiger partial charge is 0.261 e. The molecular weight excluding hydrogens is 290 g/mol. The molecule has 0 radical (unpaired) electrons. The number of ether oxygens (including phenoxy) is 1. The number of ketones is 1. The Morgan fingerprint density at radius 2 is 2.00 bits per heavy atom. The van der Waals surface area contributed by atoms with Crippen molar-refractivity contribution in [1.82, 2.24) is 5.32 Å². The number of rotatable bonds is 6. The van der Waals surface area contributed by atoms with Crippen molar-refractivity contribution in [2.45, 2.75) is 52.7 Å². The molecule has 21 heavy (non-hydrogen) atoms. The molecular formula is C16H22ClNO3. The maximum absolute atomic E-state index is 12.1. The van der Waals surface area contributed by atoms with Crippen LogP contribution in [-0.4, -0.2) is 23.3 Å². The van der Waals surface area contributed by atoms with Crippen molar-refractivity contribution in [2.24, 2.45) is 0 Å². The van der Waals surface area contributed by atoms with E-state index in [1.165, 1.54) is 6.92 Å². The number of hydrogen-bond donors (Lipinski definition) is 1. The second kappa shape index (κ2) is 6.94. The van der Waals surface area contributed by atoms with Gasteiger partial charge in [0.05, 0.1) is 5.02 Å². The van der Waals surface area contributed by atoms with E-state index >= 15 is 0 Å². The van der Waals surface area contributed by atoms with Gasteiger partial charge in [0.15, 0.2) is 11.9 Å². The van der Waals surface area contributed by atoms with Crippen LogP contribution in [0.4, 0.5) is 0 Å². The molecule has 1 aromatic carbocycles. The van der Waals surface area contributed by atoms with Crippen LogP contribution < -0.4 is 10.1 Å². The monoisotopic (exact) mass is 311 g/mol. The first-order chi connectivity index (χ1) is 9.66. The molecule has 1 rings (SSSR count). The quantitative estimate of drug-likeness (QED) is 0.816. The maximum Gasteiger partial charge on any atom is 0.261 e. The molecule has 0 saturated carbocycles. The highest BCUT2D eigenvalue weighted by molar-refractivity contribution is 6.32. The van der Waals surface area contributed by atoms with Crippen molar-refractivity contribution in [1.29, 1.82) is 0 Å². The molecule has 0 saturated heterocycles. The Labute approximate surface area is 130 Å². The maximum atomic E-state index is 12.1. The lowest BCUT2D eigenvalue weighted by Gasteiger charge is -2.26. The number of hydrogen-bond acceptors (Lipinski definition) is 3. The van der Waals surface area contributed by atoms with E-state index in [0.717, 1.165) is 6.42 Å². The zero-order valence-corrected chi connectivity index (χ0v) is 13.9. The normalized spacial score (nSPS) is 12.7. The Morgan fingerprint density at radius 3 is 2.48 bits per heavy atom. The van der Waals surface area contributed by atoms with Crippen LogP contribution in [0.1, 0.15) is 51.4 Å². The molecule has 0 fully saturated rings. The molecule has 0 heterocycles. The van der Waals surface area contributed by atoms with Gasteiger partial charge in [-0.1, -0.05) is 18.5 Å². The Bertz CT molecular complexity index is 540. The molecule has 1 atom stereocenters. The number of benzene rings is 1. The summed E-state index contributed by atoms with van der Waals surface area (Å²) in [6.07, 6.45) is 0.149. The van der Waals surface area contributed by atoms with Gasteiger partial charge in [0.2, 0.25) is 0 Å². The van der Waals surface area contributed by atoms with Crippen LogP contribution in [0.3, 0.4) is 0 Å². The van der Waals surface area contributed by atoms with E-state index in [0.29, 0.717) is 16.3 Å². The van der Waals surface area contributed by atoms with Crippen LogP contribution in [0.15, 0.2) is 18.2 Å². The van der Waals surface area contributed by atoms with E-state index < -0.39 is 6.10 Å². The van der Waals surface area contributed by atoms with E-state index in [-0.39, 0.29) is 17.2 Å². The Balaban J connectivity index is 2.77. The van der Waals surface area contributed by atoms with E-state index in [1.807, 2.05) is 20.8 Å². The molecule has 0 aromatic heterocycles. The van der Waals surface area contributed by atoms with Crippen LogP contribution in [-0.2, 0) is 4.79 Å². The lowest BCUT2D eigenvalue weighted by atomic mass is 10.0. The molecule has 1 unspecified atom stereocenters. The number of halogens is 1. The van der Waals surface area contributed by atoms with Crippen LogP contribution in [0.25, 0.3) is 0 Å². The van der Waals surface area contributed by atoms with Gasteiger partial charge in [-0.25, -0.2) is 0 Å². The summed E-state index contributed by atoms with van der Waals surface area (Å²) >= 11 is 6.07. The third-order valence-corrected chi connectivity index (χ3v) is 3.65. The van der Waals surface area contributed by atoms with Crippen molar-refractivity contribution in [3.05, 3.63) is 28.8 Å². The zero-order chi connectivity index (χ0) is 16.2. The predicted octanol–water partition coefficient (Wildman–Crippen LogP) is 3.61. The molecule has 0 bridgehead atoms. The second-order valence-corrected chi connectivity index (χ2v) is 6.10. The van der Waals surface area contributed by atoms with E-state index in [2.05, 4.69) is 5.32 Å². The summed E-state index contributed by atoms with van der Waals surface area (Å²) in [6.45, 7) is 9.03. The number of nitrogens with one attached hydrogen (secondary N) is 1. The average molecular weight is 312 g/mol. The summed E-state index contributed by atoms with van der Waals surface area (Å²) in [6, 6.07) is 4.78. The van der Waals surface area contributed by atoms with Crippen LogP contribution in [0, 0.1) is 0 Å². The molecule has 0 aliphatic rings. The summed E-state index contributed by atoms with van der Waals surface area (Å²) < 4.78 is 5.58. The number of carbonyl (C=O) groups excluding carboxylic acids is 2. The Hall–Kier alpha value is -1.55. The standard InChI is InChI=1S/C16H22ClNO3/c1-6-16(4,5)18-15(20)11(3)21-14-8-7-12(10(2)19)9-13(14)17/h7-9,11H,6H2,1-5H3,(H,18,20). The van der Waals surface area contributed by atoms with Crippen LogP contribution >= 0.6 is 11.6 Å². The van der Waals surface area contributed by atoms with Crippen molar-refractivity contribution < 1.29 is 14.3 Å². The minimum Gasteiger partial charge on any atom is -0.479 e. The van der Waals surface area contributed by atoms with Gasteiger partial charge >= 0.3 is 0 Å². The molecule has 4 nitrogen and oxygen atoms in total. The largest absolute Gasteiger partial charge is 0.479 e. The van der Waals surface area contributed by atoms with Gasteiger partial charge in [-0.3, -0.25) is 9.59 Å². The highest BCUT2D eigenvalue weighted by Gasteiger charge is 2.23. The van der Waals surface area contributed by atoms with E-state index in [1.54, 1.807) is 25.1 Å².